The molecular weight excluding hydrogens is 680 g/mol. The van der Waals surface area contributed by atoms with Crippen molar-refractivity contribution in [2.75, 3.05) is 0 Å². The first kappa shape index (κ1) is 57.3. The summed E-state index contributed by atoms with van der Waals surface area (Å²) in [6.07, 6.45) is 0. The third kappa shape index (κ3) is 35.3. The first-order chi connectivity index (χ1) is 0. The largest absolute Gasteiger partial charge is 3.00 e. The van der Waals surface area contributed by atoms with E-state index in [2.05, 4.69) is 0 Å². The van der Waals surface area contributed by atoms with Crippen LogP contribution in [0.2, 0.25) is 0 Å². The molecule has 0 saturated heterocycles. The van der Waals surface area contributed by atoms with Gasteiger partial charge in [-0.15, -0.1) is 0 Å². The predicted molar refractivity (Wildman–Crippen MR) is 2.06 cm³/mol. The van der Waals surface area contributed by atoms with Crippen LogP contribution in [0, 0.1) is 157 Å². The van der Waals surface area contributed by atoms with Gasteiger partial charge in [0.1, 0.15) is 0 Å². The van der Waals surface area contributed by atoms with Gasteiger partial charge in [0.15, 0.2) is 0 Å². The monoisotopic (exact) mass is 682 g/mol. The van der Waals surface area contributed by atoms with Crippen LogP contribution in [0.1, 0.15) is 0 Å². The summed E-state index contributed by atoms with van der Waals surface area (Å²) < 4.78 is 0. The Morgan fingerprint density at radius 1 is 0.429 bits per heavy atom. The second kappa shape index (κ2) is 43.5. The van der Waals surface area contributed by atoms with Crippen molar-refractivity contribution >= 4 is 0 Å². The van der Waals surface area contributed by atoms with Gasteiger partial charge in [0.2, 0.25) is 0 Å². The summed E-state index contributed by atoms with van der Waals surface area (Å²) >= 11 is 0. The molecule has 0 aromatic heterocycles. The Bertz CT molecular complexity index is 10.9. The van der Waals surface area contributed by atoms with Gasteiger partial charge in [-0.25, -0.2) is 0 Å². The van der Waals surface area contributed by atoms with Gasteiger partial charge in [0.05, 0.1) is 0 Å². The van der Waals surface area contributed by atoms with Crippen molar-refractivity contribution in [2.45, 2.75) is 0 Å². The Morgan fingerprint density at radius 2 is 0.429 bits per heavy atom. The van der Waals surface area contributed by atoms with E-state index in [4.69, 9.17) is 0 Å². The van der Waals surface area contributed by atoms with Crippen LogP contribution in [0.3, 0.4) is 0 Å². The maximum absolute atomic E-state index is 0. The Morgan fingerprint density at radius 3 is 0.429 bits per heavy atom. The third-order valence-corrected chi connectivity index (χ3v) is 0. The molecule has 7 heteroatoms. The van der Waals surface area contributed by atoms with Crippen LogP contribution in [0.15, 0.2) is 0 Å². The Balaban J connectivity index is 0. The molecule has 0 radical (unpaired) electrons. The van der Waals surface area contributed by atoms with E-state index < -0.39 is 0 Å². The summed E-state index contributed by atoms with van der Waals surface area (Å²) in [5, 5.41) is 0. The molecule has 0 aliphatic rings. The molecule has 0 bridgehead atoms. The number of rotatable bonds is 0. The van der Waals surface area contributed by atoms with Crippen LogP contribution in [0.4, 0.5) is 0 Å². The minimum atomic E-state index is 0. The van der Waals surface area contributed by atoms with E-state index in [1.165, 1.54) is 0 Å². The fraction of sp³-hybridized carbons (Fsp3) is 0. The van der Waals surface area contributed by atoms with E-state index in [1.54, 1.807) is 0 Å². The zero-order valence-corrected chi connectivity index (χ0v) is 11.4. The van der Waals surface area contributed by atoms with E-state index in [9.17, 15) is 0 Å². The molecule has 0 aliphatic carbocycles. The predicted octanol–water partition coefficient (Wildman–Crippen LogP) is -0.356. The van der Waals surface area contributed by atoms with Crippen LogP contribution in [0.5, 0.6) is 0 Å². The molecule has 0 rings (SSSR count). The maximum Gasteiger partial charge on any atom is 3.00 e. The molecule has 0 N–H and O–H groups in total. The molecular formula is Gd2O3Tb2. The fourth-order valence-corrected chi connectivity index (χ4v) is 0. The molecule has 0 spiro atoms. The summed E-state index contributed by atoms with van der Waals surface area (Å²) in [6.45, 7) is 0. The SMILES string of the molecule is [Gd].[Gd].[O-2].[O-2].[O-2].[Tb+3].[Tb+3]. The average Bonchev–Trinajstić information content (AvgIpc) is 0. The van der Waals surface area contributed by atoms with Crippen molar-refractivity contribution in [2.24, 2.45) is 0 Å². The number of hydrogen-bond acceptors (Lipinski definition) is 0. The average molecular weight is 680 g/mol. The Labute approximate surface area is 168 Å². The van der Waals surface area contributed by atoms with Crippen LogP contribution in [0.25, 0.3) is 0 Å². The van der Waals surface area contributed by atoms with Crippen LogP contribution >= 0.6 is 0 Å². The summed E-state index contributed by atoms with van der Waals surface area (Å²) in [5.74, 6) is 0. The zero-order chi connectivity index (χ0) is 0. The molecule has 0 amide bonds. The molecule has 3 nitrogen and oxygen atoms in total. The molecule has 0 saturated carbocycles. The topological polar surface area (TPSA) is 85.5 Å². The van der Waals surface area contributed by atoms with Gasteiger partial charge < -0.3 is 16.4 Å². The Kier molecular flexibility index (Phi) is 356. The minimum Gasteiger partial charge on any atom is -2.00 e. The van der Waals surface area contributed by atoms with E-state index in [-0.39, 0.29) is 174 Å². The third-order valence-electron chi connectivity index (χ3n) is 0. The van der Waals surface area contributed by atoms with Crippen molar-refractivity contribution < 1.29 is 174 Å². The first-order valence-corrected chi connectivity index (χ1v) is 0. The molecule has 0 unspecified atom stereocenters. The van der Waals surface area contributed by atoms with Gasteiger partial charge >= 0.3 is 77.2 Å². The standard InChI is InChI=1S/2Gd.3O.2Tb/q;;3*-2;2*+3. The molecule has 0 aromatic carbocycles. The van der Waals surface area contributed by atoms with Gasteiger partial charge in [-0.3, -0.25) is 0 Å². The zero-order valence-electron chi connectivity index (χ0n) is 2.60. The van der Waals surface area contributed by atoms with Crippen molar-refractivity contribution in [3.05, 3.63) is 0 Å². The summed E-state index contributed by atoms with van der Waals surface area (Å²) in [6, 6.07) is 0. The smallest absolute Gasteiger partial charge is 2.00 e. The van der Waals surface area contributed by atoms with Crippen LogP contribution in [-0.2, 0) is 16.4 Å². The van der Waals surface area contributed by atoms with Crippen molar-refractivity contribution in [1.82, 2.24) is 0 Å². The van der Waals surface area contributed by atoms with Crippen LogP contribution < -0.4 is 0 Å². The molecule has 0 atom stereocenters. The summed E-state index contributed by atoms with van der Waals surface area (Å²) in [4.78, 5) is 0. The first-order valence-electron chi connectivity index (χ1n) is 0. The molecule has 0 aliphatic heterocycles. The second-order valence-electron chi connectivity index (χ2n) is 0. The van der Waals surface area contributed by atoms with Gasteiger partial charge in [0, 0.05) is 79.9 Å². The van der Waals surface area contributed by atoms with E-state index in [0.717, 1.165) is 0 Å². The van der Waals surface area contributed by atoms with Gasteiger partial charge in [-0.05, 0) is 0 Å². The minimum absolute atomic E-state index is 0. The number of hydrogen-bond donors (Lipinski definition) is 0. The van der Waals surface area contributed by atoms with E-state index >= 15 is 0 Å². The Hall–Kier alpha value is 5.10. The summed E-state index contributed by atoms with van der Waals surface area (Å²) in [5.41, 5.74) is 0. The molecule has 52 valence electrons. The molecule has 7 heavy (non-hydrogen) atoms. The molecule has 0 aromatic rings. The summed E-state index contributed by atoms with van der Waals surface area (Å²) in [7, 11) is 0. The normalized spacial score (nSPS) is 0. The van der Waals surface area contributed by atoms with Gasteiger partial charge in [0.25, 0.3) is 0 Å². The van der Waals surface area contributed by atoms with Crippen molar-refractivity contribution in [3.8, 4) is 0 Å². The second-order valence-corrected chi connectivity index (χ2v) is 0. The molecule has 0 fully saturated rings. The fourth-order valence-electron chi connectivity index (χ4n) is 0. The van der Waals surface area contributed by atoms with Crippen molar-refractivity contribution in [3.63, 3.8) is 0 Å². The van der Waals surface area contributed by atoms with Crippen molar-refractivity contribution in [1.29, 1.82) is 0 Å². The van der Waals surface area contributed by atoms with Crippen LogP contribution in [-0.4, -0.2) is 0 Å². The van der Waals surface area contributed by atoms with Gasteiger partial charge in [-0.1, -0.05) is 0 Å². The van der Waals surface area contributed by atoms with E-state index in [1.807, 2.05) is 0 Å². The molecule has 0 heterocycles. The maximum atomic E-state index is 0. The quantitative estimate of drug-likeness (QED) is 0.335. The van der Waals surface area contributed by atoms with Gasteiger partial charge in [-0.2, -0.15) is 0 Å². The van der Waals surface area contributed by atoms with E-state index in [0.29, 0.717) is 0 Å².